The fourth-order valence-corrected chi connectivity index (χ4v) is 7.73. The number of nitrogens with zero attached hydrogens (tertiary/aromatic N) is 3. The van der Waals surface area contributed by atoms with Crippen LogP contribution in [0.4, 0.5) is 5.69 Å². The van der Waals surface area contributed by atoms with Gasteiger partial charge >= 0.3 is 0 Å². The van der Waals surface area contributed by atoms with Crippen molar-refractivity contribution in [2.75, 3.05) is 0 Å². The number of rotatable bonds is 2. The highest BCUT2D eigenvalue weighted by Crippen LogP contribution is 2.45. The van der Waals surface area contributed by atoms with E-state index in [1.807, 2.05) is 48.5 Å². The van der Waals surface area contributed by atoms with E-state index in [0.717, 1.165) is 49.4 Å². The molecule has 0 aliphatic heterocycles. The lowest BCUT2D eigenvalue weighted by atomic mass is 9.97. The molecular formula is C38H19N3OS. The molecule has 0 unspecified atom stereocenters. The van der Waals surface area contributed by atoms with Crippen molar-refractivity contribution in [1.82, 2.24) is 4.57 Å². The van der Waals surface area contributed by atoms with Gasteiger partial charge in [0.15, 0.2) is 5.58 Å². The Hall–Kier alpha value is -5.88. The van der Waals surface area contributed by atoms with Gasteiger partial charge in [0.2, 0.25) is 5.69 Å². The number of thiophene rings is 1. The molecule has 0 aliphatic rings. The third kappa shape index (κ3) is 3.29. The Morgan fingerprint density at radius 1 is 0.674 bits per heavy atom. The summed E-state index contributed by atoms with van der Waals surface area (Å²) in [4.78, 5) is 3.94. The van der Waals surface area contributed by atoms with Gasteiger partial charge in [-0.25, -0.2) is 4.85 Å². The summed E-state index contributed by atoms with van der Waals surface area (Å²) in [5, 5.41) is 16.2. The van der Waals surface area contributed by atoms with Crippen LogP contribution in [0, 0.1) is 17.9 Å². The van der Waals surface area contributed by atoms with E-state index in [2.05, 4.69) is 82.2 Å². The zero-order valence-corrected chi connectivity index (χ0v) is 23.4. The number of nitriles is 1. The van der Waals surface area contributed by atoms with Crippen molar-refractivity contribution >= 4 is 80.9 Å². The molecule has 0 spiro atoms. The summed E-state index contributed by atoms with van der Waals surface area (Å²) in [6, 6.07) is 41.6. The number of hydrogen-bond acceptors (Lipinski definition) is 3. The van der Waals surface area contributed by atoms with Crippen LogP contribution in [0.2, 0.25) is 0 Å². The van der Waals surface area contributed by atoms with E-state index in [-0.39, 0.29) is 0 Å². The van der Waals surface area contributed by atoms with Crippen molar-refractivity contribution in [2.45, 2.75) is 0 Å². The minimum Gasteiger partial charge on any atom is -0.465 e. The van der Waals surface area contributed by atoms with E-state index in [9.17, 15) is 5.26 Å². The Morgan fingerprint density at radius 2 is 1.44 bits per heavy atom. The summed E-state index contributed by atoms with van der Waals surface area (Å²) in [7, 11) is 0. The lowest BCUT2D eigenvalue weighted by Gasteiger charge is -2.08. The molecule has 0 aliphatic carbocycles. The van der Waals surface area contributed by atoms with Crippen LogP contribution in [0.25, 0.3) is 85.6 Å². The summed E-state index contributed by atoms with van der Waals surface area (Å²) in [6.07, 6.45) is 0. The molecule has 5 heteroatoms. The van der Waals surface area contributed by atoms with E-state index in [1.54, 1.807) is 11.3 Å². The van der Waals surface area contributed by atoms with E-state index in [4.69, 9.17) is 11.0 Å². The second kappa shape index (κ2) is 8.81. The van der Waals surface area contributed by atoms with E-state index >= 15 is 0 Å². The first-order chi connectivity index (χ1) is 21.2. The Bertz CT molecular complexity index is 2710. The Labute approximate surface area is 249 Å². The largest absolute Gasteiger partial charge is 0.465 e. The zero-order chi connectivity index (χ0) is 28.7. The van der Waals surface area contributed by atoms with Gasteiger partial charge < -0.3 is 8.98 Å². The monoisotopic (exact) mass is 565 g/mol. The number of para-hydroxylation sites is 2. The minimum atomic E-state index is 0.486. The third-order valence-corrected chi connectivity index (χ3v) is 9.57. The lowest BCUT2D eigenvalue weighted by Crippen LogP contribution is -1.94. The predicted molar refractivity (Wildman–Crippen MR) is 177 cm³/mol. The van der Waals surface area contributed by atoms with Crippen LogP contribution < -0.4 is 0 Å². The van der Waals surface area contributed by atoms with E-state index < -0.39 is 0 Å². The molecule has 0 N–H and O–H groups in total. The SMILES string of the molecule is [C-]#[N+]c1cc(-c2cccc3sc4ccccc4c23)cc2c1oc1c(-n3c4ccccc4c4ccc(C#N)cc43)cccc12. The average Bonchev–Trinajstić information content (AvgIpc) is 3.73. The van der Waals surface area contributed by atoms with Crippen LogP contribution in [-0.2, 0) is 0 Å². The Morgan fingerprint density at radius 3 is 2.33 bits per heavy atom. The van der Waals surface area contributed by atoms with Crippen LogP contribution in [-0.4, -0.2) is 4.57 Å². The van der Waals surface area contributed by atoms with Crippen LogP contribution in [0.5, 0.6) is 0 Å². The van der Waals surface area contributed by atoms with Gasteiger partial charge in [-0.15, -0.1) is 11.3 Å². The fourth-order valence-electron chi connectivity index (χ4n) is 6.60. The van der Waals surface area contributed by atoms with E-state index in [1.165, 1.54) is 20.2 Å². The average molecular weight is 566 g/mol. The molecule has 0 saturated heterocycles. The third-order valence-electron chi connectivity index (χ3n) is 8.44. The van der Waals surface area contributed by atoms with Crippen molar-refractivity contribution in [3.63, 3.8) is 0 Å². The first-order valence-electron chi connectivity index (χ1n) is 13.9. The maximum absolute atomic E-state index is 9.68. The summed E-state index contributed by atoms with van der Waals surface area (Å²) in [6.45, 7) is 8.11. The smallest absolute Gasteiger partial charge is 0.230 e. The second-order valence-corrected chi connectivity index (χ2v) is 11.8. The molecule has 0 atom stereocenters. The Kier molecular flexibility index (Phi) is 4.87. The lowest BCUT2D eigenvalue weighted by molar-refractivity contribution is 0.668. The maximum atomic E-state index is 9.68. The highest BCUT2D eigenvalue weighted by atomic mass is 32.1. The van der Waals surface area contributed by atoms with Crippen LogP contribution in [0.1, 0.15) is 5.56 Å². The highest BCUT2D eigenvalue weighted by Gasteiger charge is 2.21. The van der Waals surface area contributed by atoms with Crippen LogP contribution in [0.3, 0.4) is 0 Å². The zero-order valence-electron chi connectivity index (χ0n) is 22.6. The topological polar surface area (TPSA) is 46.2 Å². The number of fused-ring (bicyclic) bond motifs is 9. The van der Waals surface area contributed by atoms with Crippen molar-refractivity contribution in [3.8, 4) is 22.9 Å². The summed E-state index contributed by atoms with van der Waals surface area (Å²) < 4.78 is 11.3. The number of benzene rings is 6. The first-order valence-corrected chi connectivity index (χ1v) is 14.8. The van der Waals surface area contributed by atoms with E-state index in [0.29, 0.717) is 22.4 Å². The minimum absolute atomic E-state index is 0.486. The molecule has 9 rings (SSSR count). The molecule has 0 radical (unpaired) electrons. The quantitative estimate of drug-likeness (QED) is 0.196. The van der Waals surface area contributed by atoms with Gasteiger partial charge in [0, 0.05) is 41.7 Å². The molecule has 4 nitrogen and oxygen atoms in total. The molecule has 6 aromatic carbocycles. The maximum Gasteiger partial charge on any atom is 0.230 e. The fraction of sp³-hybridized carbons (Fsp3) is 0. The molecule has 3 aromatic heterocycles. The normalized spacial score (nSPS) is 11.7. The van der Waals surface area contributed by atoms with Crippen molar-refractivity contribution in [2.24, 2.45) is 0 Å². The second-order valence-electron chi connectivity index (χ2n) is 10.7. The van der Waals surface area contributed by atoms with Gasteiger partial charge in [0.05, 0.1) is 34.9 Å². The summed E-state index contributed by atoms with van der Waals surface area (Å²) in [5.41, 5.74) is 7.33. The summed E-state index contributed by atoms with van der Waals surface area (Å²) >= 11 is 1.79. The van der Waals surface area contributed by atoms with Gasteiger partial charge in [-0.3, -0.25) is 0 Å². The molecule has 0 bridgehead atoms. The van der Waals surface area contributed by atoms with Crippen LogP contribution >= 0.6 is 11.3 Å². The first kappa shape index (κ1) is 23.8. The van der Waals surface area contributed by atoms with Gasteiger partial charge in [-0.2, -0.15) is 5.26 Å². The standard InChI is InChI=1S/C38H19N3OS/c1-40-30-20-23(24-10-7-15-35-36(24)28-9-3-5-14-34(28)43-35)19-29-27-11-6-13-32(38(27)42-37(29)30)41-31-12-4-2-8-25(31)26-17-16-22(21-39)18-33(26)41/h2-20H. The molecule has 0 saturated carbocycles. The van der Waals surface area contributed by atoms with Crippen molar-refractivity contribution < 1.29 is 4.42 Å². The molecular weight excluding hydrogens is 547 g/mol. The molecule has 3 heterocycles. The molecule has 0 fully saturated rings. The molecule has 9 aromatic rings. The summed E-state index contributed by atoms with van der Waals surface area (Å²) in [5.74, 6) is 0. The van der Waals surface area contributed by atoms with Gasteiger partial charge in [-0.1, -0.05) is 66.7 Å². The molecule has 198 valence electrons. The van der Waals surface area contributed by atoms with Gasteiger partial charge in [0.25, 0.3) is 0 Å². The molecule has 0 amide bonds. The molecule has 43 heavy (non-hydrogen) atoms. The van der Waals surface area contributed by atoms with Gasteiger partial charge in [0.1, 0.15) is 5.58 Å². The number of aromatic nitrogens is 1. The van der Waals surface area contributed by atoms with Gasteiger partial charge in [-0.05, 0) is 59.7 Å². The van der Waals surface area contributed by atoms with Crippen molar-refractivity contribution in [3.05, 3.63) is 132 Å². The predicted octanol–water partition coefficient (Wildman–Crippen LogP) is 11.1. The number of hydrogen-bond donors (Lipinski definition) is 0. The van der Waals surface area contributed by atoms with Crippen molar-refractivity contribution in [1.29, 1.82) is 5.26 Å². The Balaban J connectivity index is 1.37. The van der Waals surface area contributed by atoms with Crippen LogP contribution in [0.15, 0.2) is 120 Å². The highest BCUT2D eigenvalue weighted by molar-refractivity contribution is 7.25. The number of furan rings is 1.